The van der Waals surface area contributed by atoms with Gasteiger partial charge in [-0.05, 0) is 61.4 Å². The third kappa shape index (κ3) is 6.31. The van der Waals surface area contributed by atoms with Crippen LogP contribution in [0.5, 0.6) is 0 Å². The highest BCUT2D eigenvalue weighted by molar-refractivity contribution is 6.05. The maximum absolute atomic E-state index is 14.4. The van der Waals surface area contributed by atoms with Crippen molar-refractivity contribution in [3.63, 3.8) is 0 Å². The first-order valence-electron chi connectivity index (χ1n) is 19.8. The lowest BCUT2D eigenvalue weighted by atomic mass is 9.86. The molecule has 3 fully saturated rings. The number of fused-ring (bicyclic) bond motifs is 3. The van der Waals surface area contributed by atoms with Gasteiger partial charge in [-0.3, -0.25) is 34.3 Å². The molecule has 9 rings (SSSR count). The van der Waals surface area contributed by atoms with Crippen molar-refractivity contribution in [2.45, 2.75) is 89.3 Å². The average molecular weight is 765 g/mol. The molecule has 5 aliphatic rings. The van der Waals surface area contributed by atoms with E-state index in [1.807, 2.05) is 41.2 Å². The van der Waals surface area contributed by atoms with Crippen LogP contribution < -0.4 is 10.6 Å². The molecule has 2 saturated heterocycles. The number of carbonyl (C=O) groups is 4. The number of unbranched alkanes of at least 4 members (excludes halogenated alkanes) is 3. The van der Waals surface area contributed by atoms with E-state index in [1.54, 1.807) is 18.0 Å². The normalized spacial score (nSPS) is 24.6. The van der Waals surface area contributed by atoms with Crippen molar-refractivity contribution in [3.05, 3.63) is 100 Å². The summed E-state index contributed by atoms with van der Waals surface area (Å²) in [4.78, 5) is 54.7. The molecule has 12 nitrogen and oxygen atoms in total. The highest BCUT2D eigenvalue weighted by Crippen LogP contribution is 2.70. The van der Waals surface area contributed by atoms with Gasteiger partial charge in [-0.1, -0.05) is 62.2 Å². The molecule has 2 aliphatic carbocycles. The Hall–Kier alpha value is -5.24. The Labute approximate surface area is 323 Å². The first-order chi connectivity index (χ1) is 27.0. The van der Waals surface area contributed by atoms with E-state index in [2.05, 4.69) is 49.0 Å². The van der Waals surface area contributed by atoms with Crippen molar-refractivity contribution < 1.29 is 28.0 Å². The molecule has 292 valence electrons. The number of aryl methyl sites for hydroxylation is 1. The molecule has 2 aromatic carbocycles. The number of amides is 4. The van der Waals surface area contributed by atoms with Crippen LogP contribution in [0, 0.1) is 17.3 Å². The highest BCUT2D eigenvalue weighted by Gasteiger charge is 2.78. The van der Waals surface area contributed by atoms with Crippen LogP contribution in [0.1, 0.15) is 100 Å². The van der Waals surface area contributed by atoms with Crippen LogP contribution >= 0.6 is 0 Å². The number of halogens is 2. The van der Waals surface area contributed by atoms with Gasteiger partial charge in [0, 0.05) is 72.7 Å². The molecule has 3 N–H and O–H groups in total. The minimum atomic E-state index is -2.73. The number of anilines is 1. The largest absolute Gasteiger partial charge is 0.322 e. The fraction of sp³-hybridized carbons (Fsp3) is 0.476. The Morgan fingerprint density at radius 3 is 2.62 bits per heavy atom. The van der Waals surface area contributed by atoms with E-state index in [-0.39, 0.29) is 48.7 Å². The summed E-state index contributed by atoms with van der Waals surface area (Å²) < 4.78 is 30.8. The lowest BCUT2D eigenvalue weighted by Crippen LogP contribution is -2.52. The smallest absolute Gasteiger partial charge is 0.276 e. The summed E-state index contributed by atoms with van der Waals surface area (Å²) in [5.74, 6) is -4.40. The van der Waals surface area contributed by atoms with Gasteiger partial charge >= 0.3 is 0 Å². The van der Waals surface area contributed by atoms with Crippen LogP contribution in [0.25, 0.3) is 0 Å². The van der Waals surface area contributed by atoms with Gasteiger partial charge in [0.05, 0.1) is 17.9 Å². The standard InChI is InChI=1S/C42H46F2N8O4/c1-41-19-32-30(18-34(41)42(41,43)44)36(49-48-32)39(55)46-28-20-45-52(23-28)37(26-11-6-4-7-12-26)27-21-50(22-27)17-8-3-2-5-10-25-13-9-14-29-31(25)24-51(40(29)56)33-15-16-35(53)47-38(33)54/h4,6-7,9,11-14,20,23,27,33-34,37H,2-3,5,8,10,15-19,21-22,24H2,1H3,(H,46,55)(H,48,49)(H,47,53,54)/t33?,34?,37-,41+/m1/s1. The number of H-pyrrole nitrogens is 1. The molecule has 4 atom stereocenters. The second-order valence-electron chi connectivity index (χ2n) is 16.5. The number of piperidine rings is 1. The van der Waals surface area contributed by atoms with E-state index in [1.165, 1.54) is 0 Å². The second kappa shape index (κ2) is 14.1. The molecule has 14 heteroatoms. The van der Waals surface area contributed by atoms with Crippen molar-refractivity contribution >= 4 is 29.3 Å². The van der Waals surface area contributed by atoms with Crippen LogP contribution in [0.3, 0.4) is 0 Å². The van der Waals surface area contributed by atoms with E-state index in [4.69, 9.17) is 0 Å². The molecule has 1 saturated carbocycles. The van der Waals surface area contributed by atoms with E-state index in [0.29, 0.717) is 41.4 Å². The maximum atomic E-state index is 14.4. The maximum Gasteiger partial charge on any atom is 0.276 e. The second-order valence-corrected chi connectivity index (χ2v) is 16.5. The van der Waals surface area contributed by atoms with Gasteiger partial charge in [0.15, 0.2) is 5.69 Å². The molecule has 4 aromatic rings. The number of hydrogen-bond donors (Lipinski definition) is 3. The number of imide groups is 1. The molecule has 4 amide bonds. The Bertz CT molecular complexity index is 2200. The zero-order valence-electron chi connectivity index (χ0n) is 31.4. The molecule has 5 heterocycles. The summed E-state index contributed by atoms with van der Waals surface area (Å²) >= 11 is 0. The Morgan fingerprint density at radius 2 is 1.82 bits per heavy atom. The lowest BCUT2D eigenvalue weighted by molar-refractivity contribution is -0.136. The van der Waals surface area contributed by atoms with Crippen LogP contribution in [-0.2, 0) is 35.4 Å². The van der Waals surface area contributed by atoms with Crippen molar-refractivity contribution in [1.82, 2.24) is 35.1 Å². The van der Waals surface area contributed by atoms with Crippen LogP contribution in [-0.4, -0.2) is 85.0 Å². The average Bonchev–Trinajstić information content (AvgIpc) is 3.71. The van der Waals surface area contributed by atoms with Gasteiger partial charge in [0.2, 0.25) is 11.8 Å². The molecule has 56 heavy (non-hydrogen) atoms. The van der Waals surface area contributed by atoms with Crippen LogP contribution in [0.4, 0.5) is 14.5 Å². The summed E-state index contributed by atoms with van der Waals surface area (Å²) in [6.45, 7) is 4.88. The van der Waals surface area contributed by atoms with Crippen LogP contribution in [0.15, 0.2) is 60.9 Å². The zero-order chi connectivity index (χ0) is 38.8. The number of likely N-dealkylation sites (tertiary alicyclic amines) is 1. The van der Waals surface area contributed by atoms with E-state index < -0.39 is 29.2 Å². The monoisotopic (exact) mass is 764 g/mol. The van der Waals surface area contributed by atoms with Gasteiger partial charge in [-0.25, -0.2) is 8.78 Å². The number of hydrogen-bond acceptors (Lipinski definition) is 7. The lowest BCUT2D eigenvalue weighted by Gasteiger charge is -2.43. The zero-order valence-corrected chi connectivity index (χ0v) is 31.4. The van der Waals surface area contributed by atoms with Gasteiger partial charge in [0.25, 0.3) is 17.7 Å². The van der Waals surface area contributed by atoms with Crippen molar-refractivity contribution in [3.8, 4) is 0 Å². The number of aromatic amines is 1. The third-order valence-corrected chi connectivity index (χ3v) is 13.1. The molecular weight excluding hydrogens is 719 g/mol. The Kier molecular flexibility index (Phi) is 9.13. The van der Waals surface area contributed by atoms with E-state index in [0.717, 1.165) is 68.4 Å². The first kappa shape index (κ1) is 36.4. The fourth-order valence-electron chi connectivity index (χ4n) is 9.71. The number of benzene rings is 2. The number of nitrogens with one attached hydrogen (secondary N) is 3. The Morgan fingerprint density at radius 1 is 1.02 bits per heavy atom. The molecule has 3 aliphatic heterocycles. The molecule has 0 radical (unpaired) electrons. The van der Waals surface area contributed by atoms with Gasteiger partial charge in [-0.2, -0.15) is 10.2 Å². The van der Waals surface area contributed by atoms with Crippen molar-refractivity contribution in [2.24, 2.45) is 17.3 Å². The SMILES string of the molecule is C[C@]12Cc3[nH]nc(C(=O)Nc4cnn([C@H](c5ccccc5)C5CN(CCCCCCc6cccc7c6CN(C6CCC(=O)NC6=O)C7=O)C5)c4)c3CC1C2(F)F. The summed E-state index contributed by atoms with van der Waals surface area (Å²) in [7, 11) is 0. The number of rotatable bonds is 13. The summed E-state index contributed by atoms with van der Waals surface area (Å²) in [5.41, 5.74) is 4.81. The van der Waals surface area contributed by atoms with E-state index in [9.17, 15) is 28.0 Å². The number of carbonyl (C=O) groups excluding carboxylic acids is 4. The molecule has 2 aromatic heterocycles. The predicted octanol–water partition coefficient (Wildman–Crippen LogP) is 5.31. The molecule has 2 unspecified atom stereocenters. The first-order valence-corrected chi connectivity index (χ1v) is 19.8. The minimum absolute atomic E-state index is 0.0172. The Balaban J connectivity index is 0.753. The summed E-state index contributed by atoms with van der Waals surface area (Å²) in [6.07, 6.45) is 9.55. The predicted molar refractivity (Wildman–Crippen MR) is 202 cm³/mol. The van der Waals surface area contributed by atoms with E-state index >= 15 is 0 Å². The summed E-state index contributed by atoms with van der Waals surface area (Å²) in [6, 6.07) is 15.5. The van der Waals surface area contributed by atoms with Crippen molar-refractivity contribution in [2.75, 3.05) is 25.0 Å². The van der Waals surface area contributed by atoms with Gasteiger partial charge in [0.1, 0.15) is 6.04 Å². The molecule has 0 bridgehead atoms. The number of nitrogens with zero attached hydrogens (tertiary/aromatic N) is 5. The van der Waals surface area contributed by atoms with Gasteiger partial charge in [-0.15, -0.1) is 0 Å². The minimum Gasteiger partial charge on any atom is -0.322 e. The van der Waals surface area contributed by atoms with Gasteiger partial charge < -0.3 is 15.1 Å². The molecule has 0 spiro atoms. The van der Waals surface area contributed by atoms with Crippen LogP contribution in [0.2, 0.25) is 0 Å². The topological polar surface area (TPSA) is 145 Å². The van der Waals surface area contributed by atoms with Crippen molar-refractivity contribution in [1.29, 1.82) is 0 Å². The third-order valence-electron chi connectivity index (χ3n) is 13.1. The molecular formula is C42H46F2N8O4. The summed E-state index contributed by atoms with van der Waals surface area (Å²) in [5, 5.41) is 17.0. The highest BCUT2D eigenvalue weighted by atomic mass is 19.3. The fourth-order valence-corrected chi connectivity index (χ4v) is 9.71. The number of alkyl halides is 2. The quantitative estimate of drug-likeness (QED) is 0.124. The number of aromatic nitrogens is 4.